The standard InChI is InChI=1S/C20H26N4O4S/c1-4-14-6-5-7-16(12-14)21-19(25)18-13(2)22-23-20(18)29(26,27)24-15-8-10-17(28-3)11-9-15/h5-13,18,20,22-24H,4H2,1-3H3,(H,21,25). The van der Waals surface area contributed by atoms with E-state index in [1.807, 2.05) is 25.1 Å². The van der Waals surface area contributed by atoms with Crippen LogP contribution in [0.4, 0.5) is 11.4 Å². The number of sulfonamides is 1. The summed E-state index contributed by atoms with van der Waals surface area (Å²) in [5, 5.41) is 1.71. The van der Waals surface area contributed by atoms with Crippen molar-refractivity contribution in [3.63, 3.8) is 0 Å². The van der Waals surface area contributed by atoms with E-state index >= 15 is 0 Å². The molecule has 1 fully saturated rings. The maximum absolute atomic E-state index is 12.9. The number of hydrogen-bond donors (Lipinski definition) is 4. The number of rotatable bonds is 7. The van der Waals surface area contributed by atoms with Crippen LogP contribution in [0.3, 0.4) is 0 Å². The second-order valence-electron chi connectivity index (χ2n) is 6.94. The highest BCUT2D eigenvalue weighted by molar-refractivity contribution is 7.93. The third kappa shape index (κ3) is 4.87. The van der Waals surface area contributed by atoms with Gasteiger partial charge in [-0.25, -0.2) is 13.8 Å². The highest BCUT2D eigenvalue weighted by Crippen LogP contribution is 2.25. The minimum absolute atomic E-state index is 0.367. The summed E-state index contributed by atoms with van der Waals surface area (Å²) in [6.07, 6.45) is 0.843. The molecule has 0 bridgehead atoms. The third-order valence-corrected chi connectivity index (χ3v) is 6.51. The van der Waals surface area contributed by atoms with E-state index in [0.717, 1.165) is 12.0 Å². The molecule has 0 aliphatic carbocycles. The highest BCUT2D eigenvalue weighted by atomic mass is 32.2. The number of hydrazine groups is 1. The van der Waals surface area contributed by atoms with Gasteiger partial charge in [0.25, 0.3) is 10.0 Å². The smallest absolute Gasteiger partial charge is 0.250 e. The molecule has 1 saturated heterocycles. The topological polar surface area (TPSA) is 109 Å². The van der Waals surface area contributed by atoms with E-state index in [9.17, 15) is 13.2 Å². The van der Waals surface area contributed by atoms with Gasteiger partial charge in [0, 0.05) is 17.4 Å². The molecule has 1 aliphatic heterocycles. The summed E-state index contributed by atoms with van der Waals surface area (Å²) in [5.41, 5.74) is 7.74. The number of aryl methyl sites for hydroxylation is 1. The Labute approximate surface area is 171 Å². The van der Waals surface area contributed by atoms with Gasteiger partial charge in [-0.2, -0.15) is 0 Å². The van der Waals surface area contributed by atoms with E-state index in [4.69, 9.17) is 4.74 Å². The molecule has 3 rings (SSSR count). The number of nitrogens with one attached hydrogen (secondary N) is 4. The molecular weight excluding hydrogens is 392 g/mol. The van der Waals surface area contributed by atoms with Crippen molar-refractivity contribution in [3.8, 4) is 5.75 Å². The van der Waals surface area contributed by atoms with Gasteiger partial charge in [0.05, 0.1) is 13.0 Å². The second kappa shape index (κ2) is 8.81. The third-order valence-electron chi connectivity index (χ3n) is 4.91. The number of amides is 1. The maximum Gasteiger partial charge on any atom is 0.250 e. The quantitative estimate of drug-likeness (QED) is 0.548. The maximum atomic E-state index is 12.9. The van der Waals surface area contributed by atoms with Gasteiger partial charge < -0.3 is 10.1 Å². The molecule has 0 saturated carbocycles. The van der Waals surface area contributed by atoms with Crippen LogP contribution in [-0.2, 0) is 21.2 Å². The summed E-state index contributed by atoms with van der Waals surface area (Å²) in [4.78, 5) is 12.9. The molecule has 156 valence electrons. The van der Waals surface area contributed by atoms with Gasteiger partial charge in [-0.3, -0.25) is 14.9 Å². The summed E-state index contributed by atoms with van der Waals surface area (Å²) in [5.74, 6) is -0.571. The Balaban J connectivity index is 1.77. The number of ether oxygens (including phenoxy) is 1. The lowest BCUT2D eigenvalue weighted by molar-refractivity contribution is -0.119. The fourth-order valence-corrected chi connectivity index (χ4v) is 4.83. The van der Waals surface area contributed by atoms with Gasteiger partial charge in [-0.15, -0.1) is 0 Å². The van der Waals surface area contributed by atoms with Gasteiger partial charge in [-0.05, 0) is 55.3 Å². The van der Waals surface area contributed by atoms with Crippen molar-refractivity contribution >= 4 is 27.3 Å². The van der Waals surface area contributed by atoms with E-state index < -0.39 is 21.3 Å². The molecule has 9 heteroatoms. The van der Waals surface area contributed by atoms with E-state index in [-0.39, 0.29) is 11.9 Å². The lowest BCUT2D eigenvalue weighted by Gasteiger charge is -2.21. The van der Waals surface area contributed by atoms with E-state index in [0.29, 0.717) is 17.1 Å². The molecule has 1 heterocycles. The molecule has 2 aromatic rings. The first kappa shape index (κ1) is 21.1. The SMILES string of the molecule is CCc1cccc(NC(=O)C2C(C)NNC2S(=O)(=O)Nc2ccc(OC)cc2)c1. The largest absolute Gasteiger partial charge is 0.497 e. The summed E-state index contributed by atoms with van der Waals surface area (Å²) < 4.78 is 33.5. The number of carbonyl (C=O) groups excluding carboxylic acids is 1. The predicted octanol–water partition coefficient (Wildman–Crippen LogP) is 2.08. The normalized spacial score (nSPS) is 21.6. The first-order valence-corrected chi connectivity index (χ1v) is 10.9. The van der Waals surface area contributed by atoms with Crippen molar-refractivity contribution in [2.24, 2.45) is 5.92 Å². The van der Waals surface area contributed by atoms with Crippen LogP contribution in [0.5, 0.6) is 5.75 Å². The number of methoxy groups -OCH3 is 1. The predicted molar refractivity (Wildman–Crippen MR) is 113 cm³/mol. The fraction of sp³-hybridized carbons (Fsp3) is 0.350. The Morgan fingerprint density at radius 2 is 1.83 bits per heavy atom. The molecule has 0 radical (unpaired) electrons. The van der Waals surface area contributed by atoms with Gasteiger partial charge in [-0.1, -0.05) is 19.1 Å². The second-order valence-corrected chi connectivity index (χ2v) is 8.74. The molecule has 8 nitrogen and oxygen atoms in total. The minimum atomic E-state index is -3.89. The molecule has 1 amide bonds. The van der Waals surface area contributed by atoms with Crippen molar-refractivity contribution < 1.29 is 17.9 Å². The number of carbonyl (C=O) groups is 1. The van der Waals surface area contributed by atoms with Crippen LogP contribution in [0.15, 0.2) is 48.5 Å². The highest BCUT2D eigenvalue weighted by Gasteiger charge is 2.46. The Morgan fingerprint density at radius 1 is 1.10 bits per heavy atom. The van der Waals surface area contributed by atoms with Crippen molar-refractivity contribution in [1.82, 2.24) is 10.9 Å². The molecular formula is C20H26N4O4S. The van der Waals surface area contributed by atoms with Gasteiger partial charge >= 0.3 is 0 Å². The van der Waals surface area contributed by atoms with Crippen molar-refractivity contribution in [3.05, 3.63) is 54.1 Å². The van der Waals surface area contributed by atoms with Crippen LogP contribution in [-0.4, -0.2) is 32.9 Å². The zero-order valence-corrected chi connectivity index (χ0v) is 17.4. The molecule has 1 aliphatic rings. The summed E-state index contributed by atoms with van der Waals surface area (Å²) in [6.45, 7) is 3.80. The summed E-state index contributed by atoms with van der Waals surface area (Å²) in [7, 11) is -2.35. The zero-order valence-electron chi connectivity index (χ0n) is 16.6. The van der Waals surface area contributed by atoms with Gasteiger partial charge in [0.1, 0.15) is 5.75 Å². The molecule has 3 unspecified atom stereocenters. The van der Waals surface area contributed by atoms with Gasteiger partial charge in [0.15, 0.2) is 5.37 Å². The van der Waals surface area contributed by atoms with Crippen LogP contribution in [0, 0.1) is 5.92 Å². The van der Waals surface area contributed by atoms with Crippen LogP contribution in [0.2, 0.25) is 0 Å². The van der Waals surface area contributed by atoms with Crippen molar-refractivity contribution in [2.45, 2.75) is 31.7 Å². The Hall–Kier alpha value is -2.62. The van der Waals surface area contributed by atoms with Crippen molar-refractivity contribution in [2.75, 3.05) is 17.1 Å². The average Bonchev–Trinajstić information content (AvgIpc) is 3.11. The molecule has 3 atom stereocenters. The Kier molecular flexibility index (Phi) is 6.41. The summed E-state index contributed by atoms with van der Waals surface area (Å²) >= 11 is 0. The first-order valence-electron chi connectivity index (χ1n) is 9.40. The lowest BCUT2D eigenvalue weighted by atomic mass is 10.0. The van der Waals surface area contributed by atoms with E-state index in [1.165, 1.54) is 7.11 Å². The Bertz CT molecular complexity index is 963. The minimum Gasteiger partial charge on any atom is -0.497 e. The fourth-order valence-electron chi connectivity index (χ4n) is 3.27. The van der Waals surface area contributed by atoms with Crippen molar-refractivity contribution in [1.29, 1.82) is 0 Å². The molecule has 4 N–H and O–H groups in total. The zero-order chi connectivity index (χ0) is 21.0. The lowest BCUT2D eigenvalue weighted by Crippen LogP contribution is -2.45. The van der Waals surface area contributed by atoms with Crippen LogP contribution in [0.1, 0.15) is 19.4 Å². The first-order chi connectivity index (χ1) is 13.8. The van der Waals surface area contributed by atoms with Crippen LogP contribution >= 0.6 is 0 Å². The average molecular weight is 419 g/mol. The molecule has 0 spiro atoms. The van der Waals surface area contributed by atoms with E-state index in [1.54, 1.807) is 37.3 Å². The monoisotopic (exact) mass is 418 g/mol. The molecule has 29 heavy (non-hydrogen) atoms. The number of benzene rings is 2. The van der Waals surface area contributed by atoms with Gasteiger partial charge in [0.2, 0.25) is 5.91 Å². The van der Waals surface area contributed by atoms with Crippen LogP contribution < -0.4 is 25.6 Å². The summed E-state index contributed by atoms with van der Waals surface area (Å²) in [6, 6.07) is 13.7. The number of hydrogen-bond acceptors (Lipinski definition) is 6. The van der Waals surface area contributed by atoms with E-state index in [2.05, 4.69) is 20.9 Å². The van der Waals surface area contributed by atoms with Crippen LogP contribution in [0.25, 0.3) is 0 Å². The Morgan fingerprint density at radius 3 is 2.48 bits per heavy atom. The molecule has 2 aromatic carbocycles. The number of anilines is 2. The molecule has 0 aromatic heterocycles.